The fourth-order valence-electron chi connectivity index (χ4n) is 8.93. The number of β-lactam (4-membered cyclic amide) rings is 1. The first-order chi connectivity index (χ1) is 33.7. The lowest BCUT2D eigenvalue weighted by molar-refractivity contribution is -0.154. The number of alkyl halides is 1. The summed E-state index contributed by atoms with van der Waals surface area (Å²) in [5, 5.41) is 20.8. The number of hydrogen-bond acceptors (Lipinski definition) is 10. The summed E-state index contributed by atoms with van der Waals surface area (Å²) in [6.07, 6.45) is -2.39. The lowest BCUT2D eigenvalue weighted by Gasteiger charge is -2.49. The summed E-state index contributed by atoms with van der Waals surface area (Å²) < 4.78 is 25.2. The molecule has 0 aliphatic carbocycles. The zero-order valence-electron chi connectivity index (χ0n) is 36.9. The average Bonchev–Trinajstić information content (AvgIpc) is 3.87. The zero-order valence-corrected chi connectivity index (χ0v) is 38.6. The van der Waals surface area contributed by atoms with Crippen LogP contribution in [0.3, 0.4) is 0 Å². The Balaban J connectivity index is 1.13. The number of benzene rings is 6. The number of thiazole rings is 1. The molecular formula is C54H46FN5O7S2. The number of aromatic nitrogens is 1. The van der Waals surface area contributed by atoms with Gasteiger partial charge in [-0.05, 0) is 33.4 Å². The molecule has 1 aromatic heterocycles. The molecule has 0 saturated carbocycles. The standard InChI is InChI=1S/C54H46FN5O7S2/c55-31-32-56-52(65)66-33-36-34-68-49-44(48(62)60(49)45(36)50(63)64)58-47(61)46(67-54(40-25-13-4-14-26-40,41-27-15-5-16-28-41)42-29-17-6-18-30-42)43-35-69-51(57-43)59-53(37-19-7-1-8-20-37,38-21-9-2-10-22-38)39-23-11-3-12-24-39/h1-30,35,44,46,49H,31-34H2,(H,56,65)(H,57,59)(H,58,61)(H,63,64)/t44?,46?,49-/m0/s1. The van der Waals surface area contributed by atoms with Gasteiger partial charge >= 0.3 is 12.1 Å². The van der Waals surface area contributed by atoms with Crippen LogP contribution in [0.25, 0.3) is 0 Å². The third-order valence-corrected chi connectivity index (χ3v) is 14.2. The highest BCUT2D eigenvalue weighted by atomic mass is 32.2. The average molecular weight is 960 g/mol. The molecule has 4 N–H and O–H groups in total. The summed E-state index contributed by atoms with van der Waals surface area (Å²) in [4.78, 5) is 60.5. The van der Waals surface area contributed by atoms with E-state index in [0.717, 1.165) is 38.3 Å². The Morgan fingerprint density at radius 3 is 1.64 bits per heavy atom. The van der Waals surface area contributed by atoms with E-state index in [-0.39, 0.29) is 29.3 Å². The molecular weight excluding hydrogens is 914 g/mol. The smallest absolute Gasteiger partial charge is 0.407 e. The number of alkyl carbamates (subject to hydrolysis) is 1. The van der Waals surface area contributed by atoms with Crippen LogP contribution in [0.1, 0.15) is 45.2 Å². The third kappa shape index (κ3) is 9.23. The Bertz CT molecular complexity index is 2740. The van der Waals surface area contributed by atoms with E-state index in [4.69, 9.17) is 14.5 Å². The second-order valence-electron chi connectivity index (χ2n) is 16.2. The fraction of sp³-hybridized carbons (Fsp3) is 0.167. The largest absolute Gasteiger partial charge is 0.477 e. The van der Waals surface area contributed by atoms with Gasteiger partial charge in [0.05, 0.1) is 5.69 Å². The molecule has 69 heavy (non-hydrogen) atoms. The van der Waals surface area contributed by atoms with Crippen LogP contribution in [0.4, 0.5) is 14.3 Å². The first-order valence-corrected chi connectivity index (χ1v) is 24.1. The molecule has 15 heteroatoms. The van der Waals surface area contributed by atoms with E-state index in [1.165, 1.54) is 23.1 Å². The number of carbonyl (C=O) groups is 4. The fourth-order valence-corrected chi connectivity index (χ4v) is 11.0. The van der Waals surface area contributed by atoms with Crippen LogP contribution >= 0.6 is 23.1 Å². The number of carbonyl (C=O) groups excluding carboxylic acids is 3. The van der Waals surface area contributed by atoms with Gasteiger partial charge in [-0.25, -0.2) is 19.0 Å². The maximum atomic E-state index is 15.3. The molecule has 0 radical (unpaired) electrons. The number of carboxylic acids is 1. The van der Waals surface area contributed by atoms with Crippen molar-refractivity contribution in [2.75, 3.05) is 30.9 Å². The minimum atomic E-state index is -1.46. The van der Waals surface area contributed by atoms with E-state index in [9.17, 15) is 23.9 Å². The van der Waals surface area contributed by atoms with E-state index in [1.807, 2.05) is 146 Å². The minimum absolute atomic E-state index is 0.0744. The zero-order chi connectivity index (χ0) is 47.8. The van der Waals surface area contributed by atoms with Crippen molar-refractivity contribution in [2.45, 2.75) is 28.7 Å². The van der Waals surface area contributed by atoms with Crippen LogP contribution in [-0.4, -0.2) is 75.9 Å². The Labute approximate surface area is 406 Å². The van der Waals surface area contributed by atoms with Crippen LogP contribution in [-0.2, 0) is 35.0 Å². The molecule has 3 atom stereocenters. The monoisotopic (exact) mass is 959 g/mol. The van der Waals surface area contributed by atoms with Crippen LogP contribution < -0.4 is 16.0 Å². The highest BCUT2D eigenvalue weighted by Gasteiger charge is 2.55. The van der Waals surface area contributed by atoms with Crippen molar-refractivity contribution in [1.29, 1.82) is 0 Å². The topological polar surface area (TPSA) is 159 Å². The number of halogens is 1. The van der Waals surface area contributed by atoms with Crippen molar-refractivity contribution in [3.8, 4) is 0 Å². The maximum absolute atomic E-state index is 15.3. The number of rotatable bonds is 18. The Morgan fingerprint density at radius 2 is 1.19 bits per heavy atom. The van der Waals surface area contributed by atoms with Crippen molar-refractivity contribution >= 4 is 52.1 Å². The number of hydrogen-bond donors (Lipinski definition) is 4. The van der Waals surface area contributed by atoms with Crippen molar-refractivity contribution in [2.24, 2.45) is 0 Å². The summed E-state index contributed by atoms with van der Waals surface area (Å²) in [5.74, 6) is -2.68. The minimum Gasteiger partial charge on any atom is -0.477 e. The van der Waals surface area contributed by atoms with Gasteiger partial charge in [-0.1, -0.05) is 182 Å². The predicted octanol–water partition coefficient (Wildman–Crippen LogP) is 9.03. The molecule has 7 aromatic rings. The molecule has 0 bridgehead atoms. The van der Waals surface area contributed by atoms with Crippen molar-refractivity contribution in [3.63, 3.8) is 0 Å². The highest BCUT2D eigenvalue weighted by molar-refractivity contribution is 8.00. The van der Waals surface area contributed by atoms with Crippen molar-refractivity contribution < 1.29 is 38.1 Å². The summed E-state index contributed by atoms with van der Waals surface area (Å²) in [5.41, 5.74) is 2.75. The maximum Gasteiger partial charge on any atom is 0.407 e. The molecule has 2 unspecified atom stereocenters. The number of anilines is 1. The van der Waals surface area contributed by atoms with Gasteiger partial charge in [0.2, 0.25) is 0 Å². The van der Waals surface area contributed by atoms with E-state index < -0.39 is 65.8 Å². The van der Waals surface area contributed by atoms with E-state index in [0.29, 0.717) is 5.13 Å². The number of ether oxygens (including phenoxy) is 2. The Morgan fingerprint density at radius 1 is 0.725 bits per heavy atom. The number of fused-ring (bicyclic) bond motifs is 1. The predicted molar refractivity (Wildman–Crippen MR) is 263 cm³/mol. The Kier molecular flexibility index (Phi) is 14.0. The Hall–Kier alpha value is -7.59. The number of nitrogens with one attached hydrogen (secondary N) is 3. The van der Waals surface area contributed by atoms with Gasteiger partial charge in [0.25, 0.3) is 11.8 Å². The highest BCUT2D eigenvalue weighted by Crippen LogP contribution is 2.47. The van der Waals surface area contributed by atoms with Crippen LogP contribution in [0.15, 0.2) is 199 Å². The number of aliphatic carboxylic acids is 1. The first kappa shape index (κ1) is 46.5. The van der Waals surface area contributed by atoms with Crippen LogP contribution in [0.5, 0.6) is 0 Å². The van der Waals surface area contributed by atoms with Gasteiger partial charge in [-0.2, -0.15) is 0 Å². The van der Waals surface area contributed by atoms with Gasteiger partial charge in [0.15, 0.2) is 11.2 Å². The van der Waals surface area contributed by atoms with Gasteiger partial charge in [-0.3, -0.25) is 14.5 Å². The van der Waals surface area contributed by atoms with E-state index in [1.54, 1.807) is 5.38 Å². The van der Waals surface area contributed by atoms with Gasteiger partial charge < -0.3 is 30.5 Å². The molecule has 3 amide bonds. The molecule has 6 aromatic carbocycles. The quantitative estimate of drug-likeness (QED) is 0.0483. The number of amides is 3. The second kappa shape index (κ2) is 20.7. The van der Waals surface area contributed by atoms with Crippen LogP contribution in [0, 0.1) is 0 Å². The first-order valence-electron chi connectivity index (χ1n) is 22.2. The number of nitrogens with zero attached hydrogens (tertiary/aromatic N) is 2. The normalized spacial score (nSPS) is 16.1. The van der Waals surface area contributed by atoms with Gasteiger partial charge in [0, 0.05) is 23.3 Å². The van der Waals surface area contributed by atoms with Gasteiger partial charge in [-0.15, -0.1) is 23.1 Å². The molecule has 3 heterocycles. The summed E-state index contributed by atoms with van der Waals surface area (Å²) in [6.45, 7) is -1.51. The molecule has 12 nitrogen and oxygen atoms in total. The molecule has 1 fully saturated rings. The summed E-state index contributed by atoms with van der Waals surface area (Å²) in [7, 11) is 0. The lowest BCUT2D eigenvalue weighted by Crippen LogP contribution is -2.71. The molecule has 2 aliphatic heterocycles. The summed E-state index contributed by atoms with van der Waals surface area (Å²) >= 11 is 2.51. The molecule has 1 saturated heterocycles. The number of carboxylic acid groups (broad SMARTS) is 1. The number of thioether (sulfide) groups is 1. The van der Waals surface area contributed by atoms with E-state index >= 15 is 4.79 Å². The second-order valence-corrected chi connectivity index (χ2v) is 18.1. The molecule has 348 valence electrons. The van der Waals surface area contributed by atoms with Crippen LogP contribution in [0.2, 0.25) is 0 Å². The molecule has 0 spiro atoms. The van der Waals surface area contributed by atoms with Gasteiger partial charge in [0.1, 0.15) is 41.5 Å². The van der Waals surface area contributed by atoms with E-state index in [2.05, 4.69) is 52.3 Å². The van der Waals surface area contributed by atoms with Crippen molar-refractivity contribution in [1.82, 2.24) is 20.5 Å². The third-order valence-electron chi connectivity index (χ3n) is 12.1. The van der Waals surface area contributed by atoms with Crippen molar-refractivity contribution in [3.05, 3.63) is 238 Å². The molecule has 2 aliphatic rings. The summed E-state index contributed by atoms with van der Waals surface area (Å²) in [6, 6.07) is 57.8. The lowest BCUT2D eigenvalue weighted by atomic mass is 9.77. The SMILES string of the molecule is O=C(NCCF)OCC1=C(C(=O)O)N2C(=O)C(NC(=O)C(OC(c3ccccc3)(c3ccccc3)c3ccccc3)c3csc(NC(c4ccccc4)(c4ccccc4)c4ccccc4)n3)[C@@H]2SC1. The molecule has 9 rings (SSSR count).